The van der Waals surface area contributed by atoms with E-state index < -0.39 is 0 Å². The molecule has 0 spiro atoms. The minimum Gasteiger partial charge on any atom is -0.398 e. The molecular formula is C12H17N3OS. The summed E-state index contributed by atoms with van der Waals surface area (Å²) in [6.07, 6.45) is 2.73. The van der Waals surface area contributed by atoms with E-state index in [-0.39, 0.29) is 5.91 Å². The normalized spacial score (nSPS) is 19.2. The molecule has 3 N–H and O–H groups in total. The summed E-state index contributed by atoms with van der Waals surface area (Å²) in [5.41, 5.74) is 7.60. The Morgan fingerprint density at radius 2 is 2.53 bits per heavy atom. The molecule has 5 heteroatoms. The van der Waals surface area contributed by atoms with Crippen molar-refractivity contribution in [3.05, 3.63) is 23.5 Å². The first kappa shape index (κ1) is 12.2. The molecule has 1 aliphatic rings. The number of carbonyl (C=O) groups excluding carboxylic acids is 1. The zero-order valence-electron chi connectivity index (χ0n) is 9.90. The quantitative estimate of drug-likeness (QED) is 0.853. The van der Waals surface area contributed by atoms with E-state index in [4.69, 9.17) is 5.73 Å². The smallest absolute Gasteiger partial charge is 0.254 e. The van der Waals surface area contributed by atoms with E-state index in [2.05, 4.69) is 10.3 Å². The van der Waals surface area contributed by atoms with Gasteiger partial charge >= 0.3 is 0 Å². The Morgan fingerprint density at radius 1 is 1.71 bits per heavy atom. The Hall–Kier alpha value is -1.23. The molecule has 1 aromatic heterocycles. The number of nitrogens with one attached hydrogen (secondary N) is 1. The topological polar surface area (TPSA) is 68.0 Å². The van der Waals surface area contributed by atoms with Crippen LogP contribution in [0.5, 0.6) is 0 Å². The molecule has 0 bridgehead atoms. The van der Waals surface area contributed by atoms with Gasteiger partial charge in [0.05, 0.1) is 5.56 Å². The fraction of sp³-hybridized carbons (Fsp3) is 0.500. The van der Waals surface area contributed by atoms with E-state index in [1.54, 1.807) is 12.3 Å². The van der Waals surface area contributed by atoms with E-state index in [1.807, 2.05) is 18.7 Å². The molecule has 2 heterocycles. The van der Waals surface area contributed by atoms with Crippen LogP contribution in [-0.4, -0.2) is 28.9 Å². The highest BCUT2D eigenvalue weighted by Crippen LogP contribution is 2.22. The van der Waals surface area contributed by atoms with Crippen molar-refractivity contribution in [1.29, 1.82) is 0 Å². The summed E-state index contributed by atoms with van der Waals surface area (Å²) in [5, 5.41) is 2.93. The Morgan fingerprint density at radius 3 is 3.18 bits per heavy atom. The first-order valence-electron chi connectivity index (χ1n) is 5.75. The molecular weight excluding hydrogens is 234 g/mol. The average Bonchev–Trinajstić information content (AvgIpc) is 2.78. The van der Waals surface area contributed by atoms with Gasteiger partial charge in [0.2, 0.25) is 0 Å². The largest absolute Gasteiger partial charge is 0.398 e. The van der Waals surface area contributed by atoms with Crippen molar-refractivity contribution < 1.29 is 4.79 Å². The number of carbonyl (C=O) groups is 1. The van der Waals surface area contributed by atoms with Crippen molar-refractivity contribution in [2.45, 2.75) is 13.3 Å². The summed E-state index contributed by atoms with van der Waals surface area (Å²) < 4.78 is 0. The molecule has 0 radical (unpaired) electrons. The lowest BCUT2D eigenvalue weighted by molar-refractivity contribution is 0.0949. The monoisotopic (exact) mass is 251 g/mol. The van der Waals surface area contributed by atoms with Crippen LogP contribution in [0.25, 0.3) is 0 Å². The summed E-state index contributed by atoms with van der Waals surface area (Å²) >= 11 is 1.95. The summed E-state index contributed by atoms with van der Waals surface area (Å²) in [5.74, 6) is 2.83. The highest BCUT2D eigenvalue weighted by atomic mass is 32.2. The average molecular weight is 251 g/mol. The lowest BCUT2D eigenvalue weighted by atomic mass is 10.1. The Bertz CT molecular complexity index is 416. The molecule has 17 heavy (non-hydrogen) atoms. The molecule has 1 unspecified atom stereocenters. The van der Waals surface area contributed by atoms with Crippen LogP contribution in [0.2, 0.25) is 0 Å². The second-order valence-electron chi connectivity index (χ2n) is 4.35. The molecule has 0 saturated carbocycles. The number of rotatable bonds is 3. The Balaban J connectivity index is 1.94. The molecule has 1 fully saturated rings. The van der Waals surface area contributed by atoms with Crippen LogP contribution in [0, 0.1) is 12.8 Å². The van der Waals surface area contributed by atoms with Crippen LogP contribution in [-0.2, 0) is 0 Å². The van der Waals surface area contributed by atoms with Gasteiger partial charge in [-0.2, -0.15) is 11.8 Å². The van der Waals surface area contributed by atoms with Gasteiger partial charge in [0.1, 0.15) is 0 Å². The van der Waals surface area contributed by atoms with Gasteiger partial charge in [-0.05, 0) is 36.8 Å². The zero-order chi connectivity index (χ0) is 12.3. The van der Waals surface area contributed by atoms with Gasteiger partial charge in [0, 0.05) is 24.1 Å². The minimum atomic E-state index is -0.119. The number of nitrogens with zero attached hydrogens (tertiary/aromatic N) is 1. The Kier molecular flexibility index (Phi) is 3.89. The van der Waals surface area contributed by atoms with E-state index >= 15 is 0 Å². The van der Waals surface area contributed by atoms with Gasteiger partial charge in [-0.25, -0.2) is 0 Å². The molecule has 2 rings (SSSR count). The second-order valence-corrected chi connectivity index (χ2v) is 5.50. The highest BCUT2D eigenvalue weighted by molar-refractivity contribution is 7.99. The van der Waals surface area contributed by atoms with Crippen molar-refractivity contribution in [2.24, 2.45) is 5.92 Å². The van der Waals surface area contributed by atoms with Gasteiger partial charge in [-0.1, -0.05) is 0 Å². The predicted octanol–water partition coefficient (Wildman–Crippen LogP) is 1.46. The van der Waals surface area contributed by atoms with Crippen molar-refractivity contribution in [2.75, 3.05) is 23.8 Å². The number of nitrogen functional groups attached to an aromatic ring is 1. The summed E-state index contributed by atoms with van der Waals surface area (Å²) in [6.45, 7) is 2.59. The van der Waals surface area contributed by atoms with Crippen LogP contribution in [0.4, 0.5) is 5.69 Å². The van der Waals surface area contributed by atoms with Gasteiger partial charge in [-0.3, -0.25) is 9.78 Å². The molecule has 0 aliphatic carbocycles. The van der Waals surface area contributed by atoms with Crippen LogP contribution < -0.4 is 11.1 Å². The molecule has 92 valence electrons. The van der Waals surface area contributed by atoms with Crippen molar-refractivity contribution >= 4 is 23.4 Å². The number of hydrogen-bond acceptors (Lipinski definition) is 4. The molecule has 1 amide bonds. The first-order valence-corrected chi connectivity index (χ1v) is 6.90. The van der Waals surface area contributed by atoms with Gasteiger partial charge in [0.25, 0.3) is 5.91 Å². The van der Waals surface area contributed by atoms with Gasteiger partial charge < -0.3 is 11.1 Å². The van der Waals surface area contributed by atoms with Crippen LogP contribution in [0.15, 0.2) is 12.3 Å². The third-order valence-corrected chi connectivity index (χ3v) is 4.12. The van der Waals surface area contributed by atoms with Gasteiger partial charge in [0.15, 0.2) is 0 Å². The summed E-state index contributed by atoms with van der Waals surface area (Å²) in [7, 11) is 0. The van der Waals surface area contributed by atoms with Crippen LogP contribution >= 0.6 is 11.8 Å². The molecule has 1 aliphatic heterocycles. The first-order chi connectivity index (χ1) is 8.16. The predicted molar refractivity (Wildman–Crippen MR) is 71.2 cm³/mol. The summed E-state index contributed by atoms with van der Waals surface area (Å²) in [4.78, 5) is 16.0. The molecule has 1 atom stereocenters. The van der Waals surface area contributed by atoms with Crippen molar-refractivity contribution in [1.82, 2.24) is 10.3 Å². The molecule has 1 aromatic rings. The fourth-order valence-corrected chi connectivity index (χ4v) is 3.13. The number of nitrogens with two attached hydrogens (primary N) is 1. The van der Waals surface area contributed by atoms with E-state index in [9.17, 15) is 4.79 Å². The van der Waals surface area contributed by atoms with E-state index in [0.29, 0.717) is 17.2 Å². The fourth-order valence-electron chi connectivity index (χ4n) is 1.85. The number of aryl methyl sites for hydroxylation is 1. The zero-order valence-corrected chi connectivity index (χ0v) is 10.7. The minimum absolute atomic E-state index is 0.119. The number of anilines is 1. The highest BCUT2D eigenvalue weighted by Gasteiger charge is 2.17. The standard InChI is InChI=1S/C12H17N3OS/c1-8-4-11(13)10(6-14-8)12(16)15-5-9-2-3-17-7-9/h4,6,9H,2-3,5,7H2,1H3,(H2,13,14)(H,15,16). The number of hydrogen-bond donors (Lipinski definition) is 2. The van der Waals surface area contributed by atoms with Crippen LogP contribution in [0.1, 0.15) is 22.5 Å². The van der Waals surface area contributed by atoms with Crippen molar-refractivity contribution in [3.8, 4) is 0 Å². The van der Waals surface area contributed by atoms with E-state index in [1.165, 1.54) is 12.2 Å². The number of aromatic nitrogens is 1. The third-order valence-electron chi connectivity index (χ3n) is 2.89. The maximum absolute atomic E-state index is 11.9. The molecule has 1 saturated heterocycles. The SMILES string of the molecule is Cc1cc(N)c(C(=O)NCC2CCSC2)cn1. The number of pyridine rings is 1. The maximum Gasteiger partial charge on any atom is 0.254 e. The van der Waals surface area contributed by atoms with E-state index in [0.717, 1.165) is 18.0 Å². The van der Waals surface area contributed by atoms with Gasteiger partial charge in [-0.15, -0.1) is 0 Å². The maximum atomic E-state index is 11.9. The molecule has 4 nitrogen and oxygen atoms in total. The second kappa shape index (κ2) is 5.40. The Labute approximate surface area is 105 Å². The van der Waals surface area contributed by atoms with Crippen molar-refractivity contribution in [3.63, 3.8) is 0 Å². The number of amides is 1. The van der Waals surface area contributed by atoms with Crippen LogP contribution in [0.3, 0.4) is 0 Å². The third kappa shape index (κ3) is 3.12. The number of thioether (sulfide) groups is 1. The lowest BCUT2D eigenvalue weighted by Gasteiger charge is -2.11. The lowest BCUT2D eigenvalue weighted by Crippen LogP contribution is -2.30. The molecule has 0 aromatic carbocycles. The summed E-state index contributed by atoms with van der Waals surface area (Å²) in [6, 6.07) is 1.72.